The van der Waals surface area contributed by atoms with Crippen molar-refractivity contribution in [2.24, 2.45) is 0 Å². The Morgan fingerprint density at radius 1 is 1.07 bits per heavy atom. The molecule has 1 amide bonds. The van der Waals surface area contributed by atoms with Crippen molar-refractivity contribution in [2.75, 3.05) is 38.2 Å². The average Bonchev–Trinajstić information content (AvgIpc) is 3.14. The van der Waals surface area contributed by atoms with E-state index < -0.39 is 0 Å². The third-order valence-electron chi connectivity index (χ3n) is 4.85. The minimum atomic E-state index is 0. The Labute approximate surface area is 182 Å². The highest BCUT2D eigenvalue weighted by molar-refractivity contribution is 7.22. The number of thiazole rings is 1. The lowest BCUT2D eigenvalue weighted by atomic mass is 10.1. The van der Waals surface area contributed by atoms with Gasteiger partial charge in [-0.25, -0.2) is 4.98 Å². The molecule has 156 valence electrons. The molecule has 1 aromatic heterocycles. The number of hydrogen-bond donors (Lipinski definition) is 0. The number of carbonyl (C=O) groups excluding carboxylic acids is 1. The summed E-state index contributed by atoms with van der Waals surface area (Å²) in [4.78, 5) is 22.0. The van der Waals surface area contributed by atoms with Gasteiger partial charge in [-0.1, -0.05) is 55.5 Å². The highest BCUT2D eigenvalue weighted by Crippen LogP contribution is 2.31. The van der Waals surface area contributed by atoms with Crippen LogP contribution in [0.3, 0.4) is 0 Å². The molecule has 3 rings (SSSR count). The van der Waals surface area contributed by atoms with Gasteiger partial charge in [0, 0.05) is 13.1 Å². The van der Waals surface area contributed by atoms with Crippen LogP contribution in [-0.2, 0) is 11.2 Å². The van der Waals surface area contributed by atoms with Crippen LogP contribution in [0.2, 0.25) is 0 Å². The molecular formula is C22H28ClN3O2S. The first-order valence-electron chi connectivity index (χ1n) is 9.65. The zero-order chi connectivity index (χ0) is 19.9. The molecule has 0 unspecified atom stereocenters. The van der Waals surface area contributed by atoms with E-state index in [0.717, 1.165) is 46.3 Å². The molecule has 3 aromatic rings. The van der Waals surface area contributed by atoms with Gasteiger partial charge in [-0.2, -0.15) is 0 Å². The van der Waals surface area contributed by atoms with Crippen LogP contribution in [0.15, 0.2) is 48.5 Å². The van der Waals surface area contributed by atoms with Crippen LogP contribution in [-0.4, -0.2) is 49.1 Å². The summed E-state index contributed by atoms with van der Waals surface area (Å²) in [7, 11) is 1.66. The summed E-state index contributed by atoms with van der Waals surface area (Å²) in [5, 5.41) is 0.747. The summed E-state index contributed by atoms with van der Waals surface area (Å²) in [5.41, 5.74) is 1.91. The van der Waals surface area contributed by atoms with Crippen molar-refractivity contribution >= 4 is 45.0 Å². The molecule has 0 aliphatic rings. The van der Waals surface area contributed by atoms with Crippen LogP contribution < -0.4 is 9.64 Å². The van der Waals surface area contributed by atoms with Crippen LogP contribution in [0.25, 0.3) is 10.2 Å². The average molecular weight is 434 g/mol. The van der Waals surface area contributed by atoms with Gasteiger partial charge >= 0.3 is 0 Å². The number of methoxy groups -OCH3 is 1. The molecule has 0 atom stereocenters. The Balaban J connectivity index is 0.00000300. The minimum absolute atomic E-state index is 0. The number of likely N-dealkylation sites (N-methyl/N-ethyl adjacent to an activating group) is 1. The number of nitrogens with zero attached hydrogens (tertiary/aromatic N) is 3. The van der Waals surface area contributed by atoms with Crippen LogP contribution >= 0.6 is 23.7 Å². The van der Waals surface area contributed by atoms with Gasteiger partial charge in [-0.15, -0.1) is 12.4 Å². The van der Waals surface area contributed by atoms with Crippen molar-refractivity contribution in [1.82, 2.24) is 9.88 Å². The second kappa shape index (κ2) is 11.1. The highest BCUT2D eigenvalue weighted by atomic mass is 35.5. The first-order valence-corrected chi connectivity index (χ1v) is 10.5. The van der Waals surface area contributed by atoms with Gasteiger partial charge in [-0.3, -0.25) is 9.69 Å². The van der Waals surface area contributed by atoms with Crippen LogP contribution in [0.5, 0.6) is 5.75 Å². The van der Waals surface area contributed by atoms with Gasteiger partial charge in [0.2, 0.25) is 5.91 Å². The van der Waals surface area contributed by atoms with E-state index >= 15 is 0 Å². The number of fused-ring (bicyclic) bond motifs is 1. The maximum atomic E-state index is 13.2. The number of carbonyl (C=O) groups is 1. The number of anilines is 1. The number of benzene rings is 2. The largest absolute Gasteiger partial charge is 0.497 e. The molecule has 0 saturated carbocycles. The summed E-state index contributed by atoms with van der Waals surface area (Å²) >= 11 is 1.54. The molecular weight excluding hydrogens is 406 g/mol. The number of amides is 1. The Morgan fingerprint density at radius 3 is 2.45 bits per heavy atom. The zero-order valence-electron chi connectivity index (χ0n) is 17.1. The Morgan fingerprint density at radius 2 is 1.79 bits per heavy atom. The van der Waals surface area contributed by atoms with Crippen molar-refractivity contribution in [1.29, 1.82) is 0 Å². The molecule has 0 aliphatic heterocycles. The van der Waals surface area contributed by atoms with Crippen molar-refractivity contribution < 1.29 is 9.53 Å². The molecule has 29 heavy (non-hydrogen) atoms. The van der Waals surface area contributed by atoms with Crippen molar-refractivity contribution in [3.63, 3.8) is 0 Å². The normalized spacial score (nSPS) is 10.8. The molecule has 1 heterocycles. The van der Waals surface area contributed by atoms with E-state index in [1.54, 1.807) is 7.11 Å². The number of ether oxygens (including phenoxy) is 1. The molecule has 0 radical (unpaired) electrons. The lowest BCUT2D eigenvalue weighted by molar-refractivity contribution is -0.118. The molecule has 7 heteroatoms. The number of hydrogen-bond acceptors (Lipinski definition) is 5. The molecule has 0 fully saturated rings. The molecule has 0 spiro atoms. The smallest absolute Gasteiger partial charge is 0.233 e. The first kappa shape index (κ1) is 23.1. The van der Waals surface area contributed by atoms with Gasteiger partial charge in [0.25, 0.3) is 0 Å². The summed E-state index contributed by atoms with van der Waals surface area (Å²) in [5.74, 6) is 0.873. The molecule has 0 bridgehead atoms. The van der Waals surface area contributed by atoms with Gasteiger partial charge < -0.3 is 9.64 Å². The highest BCUT2D eigenvalue weighted by Gasteiger charge is 2.21. The summed E-state index contributed by atoms with van der Waals surface area (Å²) in [6, 6.07) is 15.7. The first-order chi connectivity index (χ1) is 13.6. The molecule has 0 saturated heterocycles. The quantitative estimate of drug-likeness (QED) is 0.493. The fraction of sp³-hybridized carbons (Fsp3) is 0.364. The monoisotopic (exact) mass is 433 g/mol. The second-order valence-corrected chi connectivity index (χ2v) is 7.57. The van der Waals surface area contributed by atoms with E-state index in [4.69, 9.17) is 9.72 Å². The van der Waals surface area contributed by atoms with Crippen LogP contribution in [0, 0.1) is 0 Å². The fourth-order valence-electron chi connectivity index (χ4n) is 3.11. The maximum absolute atomic E-state index is 13.2. The SMILES string of the molecule is CCN(CC)CCN(C(=O)Cc1ccccc1)c1nc2ccc(OC)cc2s1.Cl. The van der Waals surface area contributed by atoms with Gasteiger partial charge in [-0.05, 0) is 36.9 Å². The van der Waals surface area contributed by atoms with Crippen LogP contribution in [0.1, 0.15) is 19.4 Å². The van der Waals surface area contributed by atoms with E-state index in [0.29, 0.717) is 13.0 Å². The van der Waals surface area contributed by atoms with Crippen molar-refractivity contribution in [2.45, 2.75) is 20.3 Å². The van der Waals surface area contributed by atoms with Crippen molar-refractivity contribution in [3.05, 3.63) is 54.1 Å². The van der Waals surface area contributed by atoms with E-state index in [9.17, 15) is 4.79 Å². The topological polar surface area (TPSA) is 45.7 Å². The van der Waals surface area contributed by atoms with E-state index in [1.807, 2.05) is 53.4 Å². The van der Waals surface area contributed by atoms with E-state index in [-0.39, 0.29) is 18.3 Å². The summed E-state index contributed by atoms with van der Waals surface area (Å²) < 4.78 is 6.34. The third kappa shape index (κ3) is 5.92. The van der Waals surface area contributed by atoms with Crippen molar-refractivity contribution in [3.8, 4) is 5.75 Å². The van der Waals surface area contributed by atoms with E-state index in [1.165, 1.54) is 11.3 Å². The summed E-state index contributed by atoms with van der Waals surface area (Å²) in [6.07, 6.45) is 0.373. The third-order valence-corrected chi connectivity index (χ3v) is 5.89. The van der Waals surface area contributed by atoms with Crippen LogP contribution in [0.4, 0.5) is 5.13 Å². The number of aromatic nitrogens is 1. The second-order valence-electron chi connectivity index (χ2n) is 6.56. The Bertz CT molecular complexity index is 913. The summed E-state index contributed by atoms with van der Waals surface area (Å²) in [6.45, 7) is 7.67. The maximum Gasteiger partial charge on any atom is 0.233 e. The number of rotatable bonds is 9. The Kier molecular flexibility index (Phi) is 8.89. The standard InChI is InChI=1S/C22H27N3O2S.ClH/c1-4-24(5-2)13-14-25(21(26)15-17-9-7-6-8-10-17)22-23-19-12-11-18(27-3)16-20(19)28-22;/h6-12,16H,4-5,13-15H2,1-3H3;1H. The zero-order valence-corrected chi connectivity index (χ0v) is 18.8. The number of halogens is 1. The molecule has 2 aromatic carbocycles. The fourth-order valence-corrected chi connectivity index (χ4v) is 4.15. The lowest BCUT2D eigenvalue weighted by Gasteiger charge is -2.24. The van der Waals surface area contributed by atoms with Gasteiger partial charge in [0.05, 0.1) is 23.7 Å². The van der Waals surface area contributed by atoms with Gasteiger partial charge in [0.1, 0.15) is 5.75 Å². The lowest BCUT2D eigenvalue weighted by Crippen LogP contribution is -2.39. The predicted molar refractivity (Wildman–Crippen MR) is 124 cm³/mol. The van der Waals surface area contributed by atoms with E-state index in [2.05, 4.69) is 18.7 Å². The molecule has 0 N–H and O–H groups in total. The Hall–Kier alpha value is -2.15. The minimum Gasteiger partial charge on any atom is -0.497 e. The molecule has 5 nitrogen and oxygen atoms in total. The molecule has 0 aliphatic carbocycles. The van der Waals surface area contributed by atoms with Gasteiger partial charge in [0.15, 0.2) is 5.13 Å². The predicted octanol–water partition coefficient (Wildman–Crippen LogP) is 4.64.